The van der Waals surface area contributed by atoms with Gasteiger partial charge in [-0.05, 0) is 41.1 Å². The van der Waals surface area contributed by atoms with E-state index in [9.17, 15) is 9.59 Å². The highest BCUT2D eigenvalue weighted by Crippen LogP contribution is 2.24. The number of hydrogen-bond donors (Lipinski definition) is 2. The maximum absolute atomic E-state index is 11.9. The number of halogens is 1. The minimum atomic E-state index is -0.402. The van der Waals surface area contributed by atoms with E-state index >= 15 is 0 Å². The van der Waals surface area contributed by atoms with Crippen molar-refractivity contribution in [1.82, 2.24) is 10.2 Å². The first-order chi connectivity index (χ1) is 9.61. The molecule has 0 aliphatic carbocycles. The molecule has 0 radical (unpaired) electrons. The van der Waals surface area contributed by atoms with Crippen LogP contribution in [0.4, 0.5) is 5.69 Å². The molecule has 1 aromatic carbocycles. The van der Waals surface area contributed by atoms with Crippen molar-refractivity contribution in [3.05, 3.63) is 46.2 Å². The molecule has 0 fully saturated rings. The van der Waals surface area contributed by atoms with Gasteiger partial charge in [0.25, 0.3) is 5.91 Å². The molecule has 20 heavy (non-hydrogen) atoms. The van der Waals surface area contributed by atoms with Gasteiger partial charge in [0, 0.05) is 10.7 Å². The fraction of sp³-hybridized carbons (Fsp3) is 0.154. The van der Waals surface area contributed by atoms with Crippen molar-refractivity contribution < 1.29 is 14.3 Å². The van der Waals surface area contributed by atoms with Gasteiger partial charge in [0.2, 0.25) is 0 Å². The maximum atomic E-state index is 11.9. The predicted octanol–water partition coefficient (Wildman–Crippen LogP) is 2.60. The summed E-state index contributed by atoms with van der Waals surface area (Å²) in [5.41, 5.74) is 1.40. The van der Waals surface area contributed by atoms with E-state index in [2.05, 4.69) is 31.4 Å². The van der Waals surface area contributed by atoms with Crippen molar-refractivity contribution in [2.45, 2.75) is 6.92 Å². The van der Waals surface area contributed by atoms with E-state index in [1.807, 2.05) is 0 Å². The first-order valence-electron chi connectivity index (χ1n) is 5.88. The third kappa shape index (κ3) is 3.24. The molecule has 1 amide bonds. The minimum absolute atomic E-state index is 0.289. The summed E-state index contributed by atoms with van der Waals surface area (Å²) in [7, 11) is 0. The lowest BCUT2D eigenvalue weighted by Crippen LogP contribution is -2.12. The molecule has 2 N–H and O–H groups in total. The second-order valence-corrected chi connectivity index (χ2v) is 4.71. The number of carbonyl (C=O) groups is 2. The molecule has 0 aliphatic heterocycles. The molecule has 104 valence electrons. The monoisotopic (exact) mass is 337 g/mol. The Hall–Kier alpha value is -2.15. The van der Waals surface area contributed by atoms with Crippen LogP contribution >= 0.6 is 15.9 Å². The standard InChI is InChI=1S/C13H12BrN3O3/c1-2-20-13(19)8-3-4-11(10(14)5-8)17-12(18)9-6-15-16-7-9/h3-7H,2H2,1H3,(H,15,16)(H,17,18). The van der Waals surface area contributed by atoms with E-state index in [1.54, 1.807) is 25.1 Å². The second-order valence-electron chi connectivity index (χ2n) is 3.86. The molecule has 0 saturated heterocycles. The summed E-state index contributed by atoms with van der Waals surface area (Å²) in [5, 5.41) is 8.98. The number of carbonyl (C=O) groups excluding carboxylic acids is 2. The van der Waals surface area contributed by atoms with Crippen molar-refractivity contribution in [1.29, 1.82) is 0 Å². The summed E-state index contributed by atoms with van der Waals surface area (Å²) < 4.78 is 5.50. The van der Waals surface area contributed by atoms with Crippen LogP contribution in [0.25, 0.3) is 0 Å². The Labute approximate surface area is 123 Å². The Kier molecular flexibility index (Phi) is 4.52. The topological polar surface area (TPSA) is 84.1 Å². The van der Waals surface area contributed by atoms with Crippen LogP contribution in [-0.2, 0) is 4.74 Å². The number of anilines is 1. The summed E-state index contributed by atoms with van der Waals surface area (Å²) in [5.74, 6) is -0.691. The molecule has 2 rings (SSSR count). The zero-order valence-electron chi connectivity index (χ0n) is 10.6. The lowest BCUT2D eigenvalue weighted by Gasteiger charge is -2.08. The van der Waals surface area contributed by atoms with Gasteiger partial charge in [-0.3, -0.25) is 9.89 Å². The van der Waals surface area contributed by atoms with Gasteiger partial charge in [0.1, 0.15) is 0 Å². The van der Waals surface area contributed by atoms with Gasteiger partial charge in [-0.2, -0.15) is 5.10 Å². The van der Waals surface area contributed by atoms with E-state index in [-0.39, 0.29) is 5.91 Å². The highest BCUT2D eigenvalue weighted by atomic mass is 79.9. The van der Waals surface area contributed by atoms with Crippen molar-refractivity contribution in [3.63, 3.8) is 0 Å². The van der Waals surface area contributed by atoms with Crippen LogP contribution in [0.15, 0.2) is 35.1 Å². The molecule has 1 heterocycles. The molecule has 0 aliphatic rings. The molecule has 1 aromatic heterocycles. The summed E-state index contributed by atoms with van der Waals surface area (Å²) >= 11 is 3.31. The van der Waals surface area contributed by atoms with Crippen LogP contribution in [0.1, 0.15) is 27.6 Å². The number of nitrogens with zero attached hydrogens (tertiary/aromatic N) is 1. The Morgan fingerprint density at radius 3 is 2.80 bits per heavy atom. The van der Waals surface area contributed by atoms with Crippen molar-refractivity contribution >= 4 is 33.5 Å². The van der Waals surface area contributed by atoms with Crippen LogP contribution in [0, 0.1) is 0 Å². The average Bonchev–Trinajstić information content (AvgIpc) is 2.95. The van der Waals surface area contributed by atoms with Gasteiger partial charge in [-0.1, -0.05) is 0 Å². The van der Waals surface area contributed by atoms with Gasteiger partial charge in [0.15, 0.2) is 0 Å². The first-order valence-corrected chi connectivity index (χ1v) is 6.68. The number of aromatic nitrogens is 2. The Morgan fingerprint density at radius 2 is 2.20 bits per heavy atom. The maximum Gasteiger partial charge on any atom is 0.338 e. The third-order valence-corrected chi connectivity index (χ3v) is 3.14. The first kappa shape index (κ1) is 14.3. The number of nitrogens with one attached hydrogen (secondary N) is 2. The molecular formula is C13H12BrN3O3. The van der Waals surface area contributed by atoms with E-state index in [1.165, 1.54) is 12.4 Å². The summed E-state index contributed by atoms with van der Waals surface area (Å²) in [6, 6.07) is 4.82. The summed E-state index contributed by atoms with van der Waals surface area (Å²) in [4.78, 5) is 23.4. The van der Waals surface area contributed by atoms with Gasteiger partial charge in [-0.25, -0.2) is 4.79 Å². The van der Waals surface area contributed by atoms with Crippen LogP contribution < -0.4 is 5.32 Å². The molecule has 0 spiro atoms. The Balaban J connectivity index is 2.14. The SMILES string of the molecule is CCOC(=O)c1ccc(NC(=O)c2cn[nH]c2)c(Br)c1. The summed E-state index contributed by atoms with van der Waals surface area (Å²) in [6.45, 7) is 2.06. The van der Waals surface area contributed by atoms with Gasteiger partial charge < -0.3 is 10.1 Å². The molecule has 6 nitrogen and oxygen atoms in total. The van der Waals surface area contributed by atoms with Crippen molar-refractivity contribution in [3.8, 4) is 0 Å². The number of esters is 1. The minimum Gasteiger partial charge on any atom is -0.462 e. The Morgan fingerprint density at radius 1 is 1.40 bits per heavy atom. The number of rotatable bonds is 4. The van der Waals surface area contributed by atoms with E-state index < -0.39 is 5.97 Å². The molecule has 0 saturated carbocycles. The van der Waals surface area contributed by atoms with Crippen LogP contribution in [0.3, 0.4) is 0 Å². The Bertz CT molecular complexity index is 626. The van der Waals surface area contributed by atoms with E-state index in [4.69, 9.17) is 4.74 Å². The molecule has 2 aromatic rings. The van der Waals surface area contributed by atoms with E-state index in [0.29, 0.717) is 27.9 Å². The van der Waals surface area contributed by atoms with Crippen LogP contribution in [0.5, 0.6) is 0 Å². The smallest absolute Gasteiger partial charge is 0.338 e. The molecule has 0 unspecified atom stereocenters. The second kappa shape index (κ2) is 6.33. The van der Waals surface area contributed by atoms with Gasteiger partial charge in [0.05, 0.1) is 29.6 Å². The normalized spacial score (nSPS) is 10.1. The highest BCUT2D eigenvalue weighted by molar-refractivity contribution is 9.10. The number of H-pyrrole nitrogens is 1. The zero-order valence-corrected chi connectivity index (χ0v) is 12.2. The fourth-order valence-corrected chi connectivity index (χ4v) is 2.01. The van der Waals surface area contributed by atoms with Crippen molar-refractivity contribution in [2.24, 2.45) is 0 Å². The molecule has 0 atom stereocenters. The molecule has 0 bridgehead atoms. The van der Waals surface area contributed by atoms with E-state index in [0.717, 1.165) is 0 Å². The van der Waals surface area contributed by atoms with Gasteiger partial charge >= 0.3 is 5.97 Å². The average molecular weight is 338 g/mol. The number of amides is 1. The number of aromatic amines is 1. The fourth-order valence-electron chi connectivity index (χ4n) is 1.53. The van der Waals surface area contributed by atoms with Crippen molar-refractivity contribution in [2.75, 3.05) is 11.9 Å². The zero-order chi connectivity index (χ0) is 14.5. The van der Waals surface area contributed by atoms with Gasteiger partial charge in [-0.15, -0.1) is 0 Å². The lowest BCUT2D eigenvalue weighted by atomic mass is 10.2. The molecule has 7 heteroatoms. The summed E-state index contributed by atoms with van der Waals surface area (Å²) in [6.07, 6.45) is 2.92. The number of benzene rings is 1. The number of hydrogen-bond acceptors (Lipinski definition) is 4. The number of ether oxygens (including phenoxy) is 1. The van der Waals surface area contributed by atoms with Crippen LogP contribution in [-0.4, -0.2) is 28.7 Å². The third-order valence-electron chi connectivity index (χ3n) is 2.49. The lowest BCUT2D eigenvalue weighted by molar-refractivity contribution is 0.0526. The molecular weight excluding hydrogens is 326 g/mol. The predicted molar refractivity (Wildman–Crippen MR) is 76.6 cm³/mol. The quantitative estimate of drug-likeness (QED) is 0.840. The van der Waals surface area contributed by atoms with Crippen LogP contribution in [0.2, 0.25) is 0 Å². The highest BCUT2D eigenvalue weighted by Gasteiger charge is 2.12. The largest absolute Gasteiger partial charge is 0.462 e.